The minimum atomic E-state index is -0.455. The van der Waals surface area contributed by atoms with E-state index in [2.05, 4.69) is 33.6 Å². The number of benzene rings is 1. The number of aliphatic imine (C=N–C) groups is 2. The smallest absolute Gasteiger partial charge is 0.273 e. The number of aliphatic hydroxyl groups excluding tert-OH is 1. The van der Waals surface area contributed by atoms with Crippen LogP contribution in [0.4, 0.5) is 11.4 Å². The molecule has 32 heavy (non-hydrogen) atoms. The first-order valence-electron chi connectivity index (χ1n) is 10.3. The molecule has 1 fully saturated rings. The number of allylic oxidation sites excluding steroid dienone is 1. The van der Waals surface area contributed by atoms with E-state index in [9.17, 15) is 9.90 Å². The van der Waals surface area contributed by atoms with Crippen molar-refractivity contribution in [3.8, 4) is 0 Å². The molecule has 168 valence electrons. The van der Waals surface area contributed by atoms with Crippen molar-refractivity contribution in [2.75, 3.05) is 23.3 Å². The summed E-state index contributed by atoms with van der Waals surface area (Å²) in [6.07, 6.45) is 5.35. The topological polar surface area (TPSA) is 121 Å². The molecule has 0 saturated carbocycles. The molecule has 1 amide bonds. The number of carbonyl (C=O) groups is 1. The molecule has 0 bridgehead atoms. The second kappa shape index (κ2) is 9.61. The van der Waals surface area contributed by atoms with Crippen LogP contribution in [0, 0.1) is 0 Å². The van der Waals surface area contributed by atoms with Crippen molar-refractivity contribution in [2.24, 2.45) is 22.8 Å². The Kier molecular flexibility index (Phi) is 6.89. The molecule has 3 rings (SSSR count). The molecule has 9 nitrogen and oxygen atoms in total. The Balaban J connectivity index is 1.86. The summed E-state index contributed by atoms with van der Waals surface area (Å²) in [7, 11) is 1.84. The van der Waals surface area contributed by atoms with Crippen molar-refractivity contribution in [1.29, 1.82) is 0 Å². The van der Waals surface area contributed by atoms with Crippen LogP contribution in [0.3, 0.4) is 0 Å². The Morgan fingerprint density at radius 2 is 2.16 bits per heavy atom. The van der Waals surface area contributed by atoms with E-state index in [-0.39, 0.29) is 11.5 Å². The molecule has 1 aliphatic heterocycles. The third-order valence-corrected chi connectivity index (χ3v) is 5.29. The number of nitrogens with zero attached hydrogens (tertiary/aromatic N) is 5. The molecule has 0 radical (unpaired) electrons. The molecule has 1 aromatic carbocycles. The van der Waals surface area contributed by atoms with Gasteiger partial charge in [-0.3, -0.25) is 9.48 Å². The van der Waals surface area contributed by atoms with E-state index in [1.54, 1.807) is 30.1 Å². The van der Waals surface area contributed by atoms with Crippen molar-refractivity contribution >= 4 is 39.7 Å². The summed E-state index contributed by atoms with van der Waals surface area (Å²) in [5.41, 5.74) is 9.05. The van der Waals surface area contributed by atoms with Gasteiger partial charge in [-0.15, -0.1) is 0 Å². The van der Waals surface area contributed by atoms with Gasteiger partial charge in [-0.25, -0.2) is 9.98 Å². The van der Waals surface area contributed by atoms with E-state index in [0.29, 0.717) is 36.5 Å². The van der Waals surface area contributed by atoms with Gasteiger partial charge in [-0.05, 0) is 32.4 Å². The second-order valence-electron chi connectivity index (χ2n) is 7.66. The summed E-state index contributed by atoms with van der Waals surface area (Å²) in [4.78, 5) is 23.3. The molecular weight excluding hydrogens is 406 g/mol. The van der Waals surface area contributed by atoms with Crippen LogP contribution in [0.5, 0.6) is 0 Å². The normalized spacial score (nSPS) is 17.4. The zero-order chi connectivity index (χ0) is 23.4. The predicted molar refractivity (Wildman–Crippen MR) is 130 cm³/mol. The highest BCUT2D eigenvalue weighted by molar-refractivity contribution is 6.23. The number of fused-ring (bicyclic) bond motifs is 1. The quantitative estimate of drug-likeness (QED) is 0.350. The number of rotatable bonds is 7. The van der Waals surface area contributed by atoms with E-state index in [0.717, 1.165) is 16.6 Å². The number of amides is 1. The highest BCUT2D eigenvalue weighted by Crippen LogP contribution is 2.33. The van der Waals surface area contributed by atoms with Crippen LogP contribution in [0.25, 0.3) is 10.9 Å². The van der Waals surface area contributed by atoms with Crippen LogP contribution in [-0.2, 0) is 11.8 Å². The van der Waals surface area contributed by atoms with Crippen LogP contribution in [0.2, 0.25) is 0 Å². The molecule has 1 atom stereocenters. The van der Waals surface area contributed by atoms with Gasteiger partial charge < -0.3 is 21.1 Å². The summed E-state index contributed by atoms with van der Waals surface area (Å²) in [5.74, 6) is -0.238. The number of carbonyl (C=O) groups excluding carboxylic acids is 1. The van der Waals surface area contributed by atoms with E-state index >= 15 is 0 Å². The predicted octanol–water partition coefficient (Wildman–Crippen LogP) is 2.50. The number of nitrogens with one attached hydrogen (secondary N) is 1. The molecule has 9 heteroatoms. The Bertz CT molecular complexity index is 1160. The third kappa shape index (κ3) is 4.94. The van der Waals surface area contributed by atoms with Gasteiger partial charge in [0.2, 0.25) is 0 Å². The standard InChI is InChI=1S/C23H29N7O2/c1-6-8-25-22(24)14(2)15(3)27-16(4)23(32)28-19-11-20-17(12-26-29(20)5)10-21(19)30-9-7-18(31)13-30/h6,8,10-12,18,31H,2,4,7,9,13H2,1,3,5H3,(H2,24,25)(H,28,32)/b8-6-,27-15+/t18-/m1/s1. The molecule has 1 aliphatic rings. The number of nitrogens with two attached hydrogens (primary N) is 1. The Morgan fingerprint density at radius 3 is 2.81 bits per heavy atom. The minimum absolute atomic E-state index is 0.0139. The summed E-state index contributed by atoms with van der Waals surface area (Å²) in [5, 5.41) is 18.1. The number of aromatic nitrogens is 2. The van der Waals surface area contributed by atoms with Gasteiger partial charge in [0.15, 0.2) is 0 Å². The van der Waals surface area contributed by atoms with Gasteiger partial charge in [-0.1, -0.05) is 19.2 Å². The van der Waals surface area contributed by atoms with Crippen molar-refractivity contribution in [3.05, 3.63) is 55.0 Å². The fraction of sp³-hybridized carbons (Fsp3) is 0.304. The molecule has 1 saturated heterocycles. The number of anilines is 2. The lowest BCUT2D eigenvalue weighted by Gasteiger charge is -2.22. The maximum atomic E-state index is 12.9. The number of β-amino-alcohol motifs (C(OH)–C–C–N with tert-alkyl or cyclic N) is 1. The lowest BCUT2D eigenvalue weighted by molar-refractivity contribution is -0.112. The average Bonchev–Trinajstić information content (AvgIpc) is 3.36. The summed E-state index contributed by atoms with van der Waals surface area (Å²) in [6, 6.07) is 3.83. The number of hydrogen-bond acceptors (Lipinski definition) is 6. The maximum absolute atomic E-state index is 12.9. The summed E-state index contributed by atoms with van der Waals surface area (Å²) in [6.45, 7) is 12.4. The van der Waals surface area contributed by atoms with Crippen LogP contribution < -0.4 is 16.0 Å². The van der Waals surface area contributed by atoms with Crippen LogP contribution in [-0.4, -0.2) is 51.5 Å². The van der Waals surface area contributed by atoms with Crippen molar-refractivity contribution in [3.63, 3.8) is 0 Å². The van der Waals surface area contributed by atoms with E-state index < -0.39 is 12.0 Å². The number of amidine groups is 1. The van der Waals surface area contributed by atoms with Gasteiger partial charge in [0.1, 0.15) is 11.5 Å². The Labute approximate surface area is 187 Å². The number of aliphatic hydroxyl groups is 1. The van der Waals surface area contributed by atoms with Crippen LogP contribution in [0.1, 0.15) is 20.3 Å². The number of aryl methyl sites for hydroxylation is 1. The van der Waals surface area contributed by atoms with Gasteiger partial charge in [0.25, 0.3) is 5.91 Å². The van der Waals surface area contributed by atoms with Gasteiger partial charge in [0.05, 0.1) is 29.2 Å². The first-order chi connectivity index (χ1) is 15.2. The van der Waals surface area contributed by atoms with Crippen LogP contribution >= 0.6 is 0 Å². The zero-order valence-corrected chi connectivity index (χ0v) is 18.7. The first-order valence-corrected chi connectivity index (χ1v) is 10.3. The lowest BCUT2D eigenvalue weighted by atomic mass is 10.1. The third-order valence-electron chi connectivity index (χ3n) is 5.29. The molecule has 2 heterocycles. The monoisotopic (exact) mass is 435 g/mol. The first kappa shape index (κ1) is 23.0. The Hall–Kier alpha value is -3.72. The number of hydrogen-bond donors (Lipinski definition) is 3. The fourth-order valence-corrected chi connectivity index (χ4v) is 3.44. The summed E-state index contributed by atoms with van der Waals surface area (Å²) >= 11 is 0. The minimum Gasteiger partial charge on any atom is -0.391 e. The van der Waals surface area contributed by atoms with Crippen LogP contribution in [0.15, 0.2) is 65.0 Å². The molecule has 0 aliphatic carbocycles. The SMILES string of the molecule is C=C(/N=C(\C)C(=C)/C(N)=N\C=C/C)C(=O)Nc1cc2c(cnn2C)cc1N1CC[C@@H](O)C1. The molecule has 4 N–H and O–H groups in total. The highest BCUT2D eigenvalue weighted by atomic mass is 16.3. The fourth-order valence-electron chi connectivity index (χ4n) is 3.44. The maximum Gasteiger partial charge on any atom is 0.273 e. The lowest BCUT2D eigenvalue weighted by Crippen LogP contribution is -2.24. The van der Waals surface area contributed by atoms with Crippen molar-refractivity contribution in [2.45, 2.75) is 26.4 Å². The Morgan fingerprint density at radius 1 is 1.41 bits per heavy atom. The second-order valence-corrected chi connectivity index (χ2v) is 7.66. The largest absolute Gasteiger partial charge is 0.391 e. The molecule has 1 aromatic heterocycles. The van der Waals surface area contributed by atoms with E-state index in [4.69, 9.17) is 5.73 Å². The summed E-state index contributed by atoms with van der Waals surface area (Å²) < 4.78 is 1.74. The van der Waals surface area contributed by atoms with E-state index in [1.807, 2.05) is 31.0 Å². The van der Waals surface area contributed by atoms with E-state index in [1.165, 1.54) is 0 Å². The molecule has 0 unspecified atom stereocenters. The molecule has 0 spiro atoms. The average molecular weight is 436 g/mol. The van der Waals surface area contributed by atoms with Gasteiger partial charge in [-0.2, -0.15) is 5.10 Å². The van der Waals surface area contributed by atoms with Gasteiger partial charge >= 0.3 is 0 Å². The highest BCUT2D eigenvalue weighted by Gasteiger charge is 2.24. The molecule has 2 aromatic rings. The zero-order valence-electron chi connectivity index (χ0n) is 18.7. The van der Waals surface area contributed by atoms with Crippen molar-refractivity contribution in [1.82, 2.24) is 9.78 Å². The van der Waals surface area contributed by atoms with Gasteiger partial charge in [0, 0.05) is 43.0 Å². The molecular formula is C23H29N7O2. The van der Waals surface area contributed by atoms with Crippen molar-refractivity contribution < 1.29 is 9.90 Å².